The van der Waals surface area contributed by atoms with E-state index in [1.807, 2.05) is 0 Å². The minimum Gasteiger partial charge on any atom is -0.338 e. The van der Waals surface area contributed by atoms with Crippen LogP contribution in [0.5, 0.6) is 0 Å². The van der Waals surface area contributed by atoms with E-state index < -0.39 is 0 Å². The zero-order valence-corrected chi connectivity index (χ0v) is 11.8. The quantitative estimate of drug-likeness (QED) is 0.813. The zero-order chi connectivity index (χ0) is 13.1. The van der Waals surface area contributed by atoms with Crippen molar-refractivity contribution in [3.8, 4) is 0 Å². The summed E-state index contributed by atoms with van der Waals surface area (Å²) in [4.78, 5) is 16.9. The Hall–Kier alpha value is -0.610. The molecule has 2 saturated heterocycles. The Morgan fingerprint density at radius 2 is 2.11 bits per heavy atom. The molecule has 2 heterocycles. The summed E-state index contributed by atoms with van der Waals surface area (Å²) >= 11 is 0. The molecule has 0 radical (unpaired) electrons. The molecule has 0 spiro atoms. The first kappa shape index (κ1) is 13.8. The van der Waals surface area contributed by atoms with Gasteiger partial charge in [-0.05, 0) is 38.8 Å². The SMILES string of the molecule is CCC1CCN(C(=O)C2CCN(C)C2)C(CN)C1. The van der Waals surface area contributed by atoms with Gasteiger partial charge in [0.25, 0.3) is 0 Å². The van der Waals surface area contributed by atoms with Crippen molar-refractivity contribution in [1.29, 1.82) is 0 Å². The highest BCUT2D eigenvalue weighted by Crippen LogP contribution is 2.27. The summed E-state index contributed by atoms with van der Waals surface area (Å²) in [6.07, 6.45) is 4.48. The number of nitrogens with zero attached hydrogens (tertiary/aromatic N) is 2. The standard InChI is InChI=1S/C14H27N3O/c1-3-11-4-7-17(13(8-11)9-15)14(18)12-5-6-16(2)10-12/h11-13H,3-10,15H2,1-2H3. The highest BCUT2D eigenvalue weighted by molar-refractivity contribution is 5.79. The van der Waals surface area contributed by atoms with E-state index in [1.165, 1.54) is 6.42 Å². The molecule has 0 bridgehead atoms. The fourth-order valence-electron chi connectivity index (χ4n) is 3.39. The maximum absolute atomic E-state index is 12.6. The van der Waals surface area contributed by atoms with Crippen molar-refractivity contribution in [3.63, 3.8) is 0 Å². The highest BCUT2D eigenvalue weighted by Gasteiger charge is 2.35. The maximum atomic E-state index is 12.6. The van der Waals surface area contributed by atoms with E-state index in [9.17, 15) is 4.79 Å². The van der Waals surface area contributed by atoms with Gasteiger partial charge in [0.15, 0.2) is 0 Å². The normalized spacial score (nSPS) is 33.9. The van der Waals surface area contributed by atoms with E-state index in [-0.39, 0.29) is 12.0 Å². The Morgan fingerprint density at radius 3 is 2.67 bits per heavy atom. The second-order valence-electron chi connectivity index (χ2n) is 5.97. The average Bonchev–Trinajstić information content (AvgIpc) is 2.83. The molecule has 0 aromatic heterocycles. The number of hydrogen-bond acceptors (Lipinski definition) is 3. The second-order valence-corrected chi connectivity index (χ2v) is 5.97. The van der Waals surface area contributed by atoms with Gasteiger partial charge in [-0.25, -0.2) is 0 Å². The van der Waals surface area contributed by atoms with Gasteiger partial charge in [0.2, 0.25) is 5.91 Å². The third-order valence-corrected chi connectivity index (χ3v) is 4.70. The number of piperidine rings is 1. The number of likely N-dealkylation sites (tertiary alicyclic amines) is 2. The van der Waals surface area contributed by atoms with Gasteiger partial charge >= 0.3 is 0 Å². The Kier molecular flexibility index (Phi) is 4.62. The van der Waals surface area contributed by atoms with Crippen molar-refractivity contribution in [3.05, 3.63) is 0 Å². The van der Waals surface area contributed by atoms with Crippen LogP contribution in [0.4, 0.5) is 0 Å². The molecule has 3 unspecified atom stereocenters. The third kappa shape index (κ3) is 2.86. The third-order valence-electron chi connectivity index (χ3n) is 4.70. The lowest BCUT2D eigenvalue weighted by molar-refractivity contribution is -0.139. The van der Waals surface area contributed by atoms with Crippen molar-refractivity contribution < 1.29 is 4.79 Å². The van der Waals surface area contributed by atoms with E-state index in [2.05, 4.69) is 23.8 Å². The number of rotatable bonds is 3. The van der Waals surface area contributed by atoms with E-state index >= 15 is 0 Å². The fourth-order valence-corrected chi connectivity index (χ4v) is 3.39. The summed E-state index contributed by atoms with van der Waals surface area (Å²) in [5.74, 6) is 1.32. The molecule has 2 N–H and O–H groups in total. The molecule has 4 nitrogen and oxygen atoms in total. The maximum Gasteiger partial charge on any atom is 0.227 e. The summed E-state index contributed by atoms with van der Waals surface area (Å²) in [5.41, 5.74) is 5.87. The smallest absolute Gasteiger partial charge is 0.227 e. The van der Waals surface area contributed by atoms with Crippen LogP contribution in [-0.4, -0.2) is 55.0 Å². The predicted octanol–water partition coefficient (Wildman–Crippen LogP) is 0.914. The molecule has 0 aromatic rings. The monoisotopic (exact) mass is 253 g/mol. The van der Waals surface area contributed by atoms with Crippen LogP contribution in [0.3, 0.4) is 0 Å². The van der Waals surface area contributed by atoms with Crippen LogP contribution in [0.15, 0.2) is 0 Å². The fraction of sp³-hybridized carbons (Fsp3) is 0.929. The van der Waals surface area contributed by atoms with Crippen molar-refractivity contribution >= 4 is 5.91 Å². The minimum absolute atomic E-state index is 0.210. The van der Waals surface area contributed by atoms with E-state index in [0.29, 0.717) is 12.5 Å². The Balaban J connectivity index is 1.96. The van der Waals surface area contributed by atoms with Crippen LogP contribution in [-0.2, 0) is 4.79 Å². The molecule has 4 heteroatoms. The van der Waals surface area contributed by atoms with Crippen LogP contribution in [0.25, 0.3) is 0 Å². The number of carbonyl (C=O) groups excluding carboxylic acids is 1. The molecule has 18 heavy (non-hydrogen) atoms. The van der Waals surface area contributed by atoms with Crippen molar-refractivity contribution in [2.75, 3.05) is 33.2 Å². The van der Waals surface area contributed by atoms with Crippen LogP contribution < -0.4 is 5.73 Å². The minimum atomic E-state index is 0.210. The zero-order valence-electron chi connectivity index (χ0n) is 11.8. The van der Waals surface area contributed by atoms with Gasteiger partial charge in [0.1, 0.15) is 0 Å². The summed E-state index contributed by atoms with van der Waals surface area (Å²) in [7, 11) is 2.09. The Morgan fingerprint density at radius 1 is 1.33 bits per heavy atom. The van der Waals surface area contributed by atoms with Crippen molar-refractivity contribution in [2.24, 2.45) is 17.6 Å². The van der Waals surface area contributed by atoms with Crippen LogP contribution in [0, 0.1) is 11.8 Å². The molecule has 0 saturated carbocycles. The number of hydrogen-bond donors (Lipinski definition) is 1. The van der Waals surface area contributed by atoms with Crippen molar-refractivity contribution in [2.45, 2.75) is 38.6 Å². The Bertz CT molecular complexity index is 295. The Labute approximate surface area is 110 Å². The molecule has 0 aromatic carbocycles. The summed E-state index contributed by atoms with van der Waals surface area (Å²) in [6, 6.07) is 0.280. The van der Waals surface area contributed by atoms with Gasteiger partial charge in [-0.3, -0.25) is 4.79 Å². The van der Waals surface area contributed by atoms with Gasteiger partial charge in [0, 0.05) is 25.7 Å². The molecule has 2 aliphatic heterocycles. The number of amides is 1. The van der Waals surface area contributed by atoms with Crippen molar-refractivity contribution in [1.82, 2.24) is 9.80 Å². The molecule has 2 rings (SSSR count). The predicted molar refractivity (Wildman–Crippen MR) is 73.2 cm³/mol. The molecular weight excluding hydrogens is 226 g/mol. The highest BCUT2D eigenvalue weighted by atomic mass is 16.2. The lowest BCUT2D eigenvalue weighted by Crippen LogP contribution is -2.51. The van der Waals surface area contributed by atoms with Crippen LogP contribution >= 0.6 is 0 Å². The van der Waals surface area contributed by atoms with E-state index in [1.54, 1.807) is 0 Å². The molecule has 2 fully saturated rings. The lowest BCUT2D eigenvalue weighted by Gasteiger charge is -2.40. The van der Waals surface area contributed by atoms with Gasteiger partial charge in [-0.2, -0.15) is 0 Å². The first-order valence-corrected chi connectivity index (χ1v) is 7.34. The van der Waals surface area contributed by atoms with E-state index in [0.717, 1.165) is 44.8 Å². The number of carbonyl (C=O) groups is 1. The lowest BCUT2D eigenvalue weighted by atomic mass is 9.88. The molecule has 1 amide bonds. The van der Waals surface area contributed by atoms with Crippen LogP contribution in [0.1, 0.15) is 32.6 Å². The molecule has 104 valence electrons. The first-order chi connectivity index (χ1) is 8.65. The van der Waals surface area contributed by atoms with Gasteiger partial charge in [-0.15, -0.1) is 0 Å². The molecule has 2 aliphatic rings. The van der Waals surface area contributed by atoms with Gasteiger partial charge < -0.3 is 15.5 Å². The second kappa shape index (κ2) is 6.02. The molecular formula is C14H27N3O. The van der Waals surface area contributed by atoms with E-state index in [4.69, 9.17) is 5.73 Å². The number of nitrogens with two attached hydrogens (primary N) is 1. The van der Waals surface area contributed by atoms with Gasteiger partial charge in [-0.1, -0.05) is 13.3 Å². The van der Waals surface area contributed by atoms with Crippen LogP contribution in [0.2, 0.25) is 0 Å². The molecule has 3 atom stereocenters. The summed E-state index contributed by atoms with van der Waals surface area (Å²) in [5, 5.41) is 0. The molecule has 0 aliphatic carbocycles. The topological polar surface area (TPSA) is 49.6 Å². The summed E-state index contributed by atoms with van der Waals surface area (Å²) < 4.78 is 0. The first-order valence-electron chi connectivity index (χ1n) is 7.34. The largest absolute Gasteiger partial charge is 0.338 e. The van der Waals surface area contributed by atoms with Gasteiger partial charge in [0.05, 0.1) is 5.92 Å². The summed E-state index contributed by atoms with van der Waals surface area (Å²) in [6.45, 7) is 5.74. The average molecular weight is 253 g/mol.